The molecule has 5 saturated carbocycles. The van der Waals surface area contributed by atoms with Crippen LogP contribution in [0.4, 0.5) is 34.1 Å². The van der Waals surface area contributed by atoms with Gasteiger partial charge in [0.05, 0.1) is 0 Å². The minimum Gasteiger partial charge on any atom is -0.311 e. The molecule has 5 unspecified atom stereocenters. The highest BCUT2D eigenvalue weighted by molar-refractivity contribution is 7.00. The second-order valence-corrected chi connectivity index (χ2v) is 20.6. The monoisotopic (exact) mass is 734 g/mol. The van der Waals surface area contributed by atoms with Gasteiger partial charge in [-0.15, -0.1) is 0 Å². The summed E-state index contributed by atoms with van der Waals surface area (Å²) >= 11 is 0. The number of rotatable bonds is 7. The average molecular weight is 735 g/mol. The molecular formula is C53H59BN2. The summed E-state index contributed by atoms with van der Waals surface area (Å²) in [6.07, 6.45) is 8.63. The summed E-state index contributed by atoms with van der Waals surface area (Å²) in [6.45, 7) is 18.8. The van der Waals surface area contributed by atoms with Crippen molar-refractivity contribution >= 4 is 57.2 Å². The third-order valence-electron chi connectivity index (χ3n) is 16.0. The Hall–Kier alpha value is -4.24. The Kier molecular flexibility index (Phi) is 7.58. The van der Waals surface area contributed by atoms with Gasteiger partial charge in [0.15, 0.2) is 0 Å². The molecule has 0 aromatic heterocycles. The lowest BCUT2D eigenvalue weighted by Crippen LogP contribution is -2.62. The summed E-state index contributed by atoms with van der Waals surface area (Å²) in [7, 11) is 0. The first-order valence-electron chi connectivity index (χ1n) is 22.2. The SMILES string of the molecule is CC(C)c1ccc(N2c3ccc(C(C)C)cc3B3c4cc(C(C)C)ccc4N(c4ccc(C(C)C)cc4)c4cc(C56CC7CC8C(C5)CC8(C7)C6)cc2c43)cc1. The summed E-state index contributed by atoms with van der Waals surface area (Å²) in [4.78, 5) is 5.36. The van der Waals surface area contributed by atoms with Gasteiger partial charge in [-0.3, -0.25) is 0 Å². The molecular weight excluding hydrogens is 675 g/mol. The van der Waals surface area contributed by atoms with Crippen LogP contribution in [0.3, 0.4) is 0 Å². The van der Waals surface area contributed by atoms with E-state index < -0.39 is 0 Å². The predicted molar refractivity (Wildman–Crippen MR) is 239 cm³/mol. The lowest BCUT2D eigenvalue weighted by atomic mass is 9.33. The fraction of sp³-hybridized carbons (Fsp3) is 0.434. The average Bonchev–Trinajstić information content (AvgIpc) is 3.33. The van der Waals surface area contributed by atoms with Gasteiger partial charge < -0.3 is 9.80 Å². The van der Waals surface area contributed by atoms with E-state index in [0.717, 1.165) is 17.8 Å². The highest BCUT2D eigenvalue weighted by Gasteiger charge is 2.70. The van der Waals surface area contributed by atoms with E-state index in [9.17, 15) is 0 Å². The Morgan fingerprint density at radius 1 is 0.518 bits per heavy atom. The van der Waals surface area contributed by atoms with Crippen molar-refractivity contribution in [2.45, 2.75) is 123 Å². The van der Waals surface area contributed by atoms with E-state index in [1.165, 1.54) is 111 Å². The molecule has 5 aromatic rings. The Morgan fingerprint density at radius 2 is 1.00 bits per heavy atom. The van der Waals surface area contributed by atoms with Crippen LogP contribution in [0.2, 0.25) is 0 Å². The topological polar surface area (TPSA) is 6.48 Å². The van der Waals surface area contributed by atoms with E-state index in [0.29, 0.717) is 29.1 Å². The first kappa shape index (κ1) is 35.0. The number of anilines is 6. The van der Waals surface area contributed by atoms with Gasteiger partial charge >= 0.3 is 0 Å². The zero-order valence-electron chi connectivity index (χ0n) is 35.0. The highest BCUT2D eigenvalue weighted by atomic mass is 15.2. The van der Waals surface area contributed by atoms with Crippen molar-refractivity contribution < 1.29 is 0 Å². The summed E-state index contributed by atoms with van der Waals surface area (Å²) in [5.74, 6) is 4.70. The Balaban J connectivity index is 1.22. The fourth-order valence-electron chi connectivity index (χ4n) is 13.4. The molecule has 284 valence electrons. The van der Waals surface area contributed by atoms with E-state index in [2.05, 4.69) is 162 Å². The minimum absolute atomic E-state index is 0.150. The number of hydrogen-bond donors (Lipinski definition) is 0. The third-order valence-corrected chi connectivity index (χ3v) is 16.0. The maximum atomic E-state index is 2.74. The molecule has 5 aliphatic carbocycles. The molecule has 12 rings (SSSR count). The van der Waals surface area contributed by atoms with Crippen LogP contribution in [0.5, 0.6) is 0 Å². The van der Waals surface area contributed by atoms with Crippen LogP contribution in [0.25, 0.3) is 0 Å². The van der Waals surface area contributed by atoms with E-state index in [1.807, 2.05) is 0 Å². The predicted octanol–water partition coefficient (Wildman–Crippen LogP) is 12.7. The van der Waals surface area contributed by atoms with Gasteiger partial charge in [-0.05, 0) is 184 Å². The van der Waals surface area contributed by atoms with Gasteiger partial charge in [0.2, 0.25) is 0 Å². The molecule has 3 heteroatoms. The molecule has 2 aliphatic heterocycles. The number of nitrogens with zero attached hydrogens (tertiary/aromatic N) is 2. The van der Waals surface area contributed by atoms with Crippen LogP contribution in [-0.2, 0) is 5.41 Å². The lowest BCUT2D eigenvalue weighted by molar-refractivity contribution is -0.116. The third kappa shape index (κ3) is 4.88. The van der Waals surface area contributed by atoms with E-state index in [4.69, 9.17) is 0 Å². The normalized spacial score (nSPS) is 26.3. The van der Waals surface area contributed by atoms with Crippen LogP contribution in [0.1, 0.15) is 145 Å². The molecule has 5 aromatic carbocycles. The molecule has 5 atom stereocenters. The molecule has 5 fully saturated rings. The molecule has 1 spiro atoms. The molecule has 4 bridgehead atoms. The quantitative estimate of drug-likeness (QED) is 0.150. The van der Waals surface area contributed by atoms with Gasteiger partial charge in [-0.1, -0.05) is 104 Å². The summed E-state index contributed by atoms with van der Waals surface area (Å²) in [6, 6.07) is 39.5. The van der Waals surface area contributed by atoms with Crippen LogP contribution in [0.15, 0.2) is 97.1 Å². The van der Waals surface area contributed by atoms with Crippen molar-refractivity contribution in [3.8, 4) is 0 Å². The lowest BCUT2D eigenvalue weighted by Gasteiger charge is -2.64. The molecule has 2 heterocycles. The van der Waals surface area contributed by atoms with Crippen molar-refractivity contribution in [1.82, 2.24) is 0 Å². The van der Waals surface area contributed by atoms with Gasteiger partial charge in [0.25, 0.3) is 6.71 Å². The van der Waals surface area contributed by atoms with Crippen LogP contribution in [-0.4, -0.2) is 6.71 Å². The number of hydrogen-bond acceptors (Lipinski definition) is 2. The maximum absolute atomic E-state index is 2.74. The van der Waals surface area contributed by atoms with Crippen LogP contribution in [0, 0.1) is 23.2 Å². The number of fused-ring (bicyclic) bond motifs is 5. The molecule has 0 saturated heterocycles. The Labute approximate surface area is 336 Å². The van der Waals surface area contributed by atoms with Crippen LogP contribution >= 0.6 is 0 Å². The van der Waals surface area contributed by atoms with Crippen molar-refractivity contribution in [2.24, 2.45) is 23.2 Å². The molecule has 7 aliphatic rings. The fourth-order valence-corrected chi connectivity index (χ4v) is 13.4. The first-order chi connectivity index (χ1) is 26.9. The summed E-state index contributed by atoms with van der Waals surface area (Å²) in [5.41, 5.74) is 20.5. The number of benzene rings is 5. The smallest absolute Gasteiger partial charge is 0.252 e. The van der Waals surface area contributed by atoms with E-state index in [1.54, 1.807) is 5.56 Å². The molecule has 0 amide bonds. The van der Waals surface area contributed by atoms with Crippen molar-refractivity contribution in [3.63, 3.8) is 0 Å². The second kappa shape index (κ2) is 12.1. The summed E-state index contributed by atoms with van der Waals surface area (Å²) < 4.78 is 0. The van der Waals surface area contributed by atoms with Crippen molar-refractivity contribution in [1.29, 1.82) is 0 Å². The molecule has 56 heavy (non-hydrogen) atoms. The van der Waals surface area contributed by atoms with Crippen LogP contribution < -0.4 is 26.2 Å². The molecule has 2 nitrogen and oxygen atoms in total. The Bertz CT molecular complexity index is 2240. The van der Waals surface area contributed by atoms with E-state index in [-0.39, 0.29) is 12.1 Å². The van der Waals surface area contributed by atoms with E-state index >= 15 is 0 Å². The maximum Gasteiger partial charge on any atom is 0.252 e. The Morgan fingerprint density at radius 3 is 1.48 bits per heavy atom. The van der Waals surface area contributed by atoms with Gasteiger partial charge in [0.1, 0.15) is 0 Å². The summed E-state index contributed by atoms with van der Waals surface area (Å²) in [5, 5.41) is 0. The zero-order valence-corrected chi connectivity index (χ0v) is 35.0. The zero-order chi connectivity index (χ0) is 38.4. The van der Waals surface area contributed by atoms with Gasteiger partial charge in [-0.2, -0.15) is 0 Å². The second-order valence-electron chi connectivity index (χ2n) is 20.6. The highest BCUT2D eigenvalue weighted by Crippen LogP contribution is 2.78. The standard InChI is InChI=1S/C53H59BN2/c1-31(2)36-9-15-42(16-10-36)55-47-19-13-38(33(5)6)22-45(47)54-46-23-39(34(7)8)14-20-48(46)56(43-17-11-37(12-18-43)32(3)4)50-25-41(24-49(55)51(50)54)52-26-35-21-44-40(28-52)29-53(44,27-35)30-52/h9-20,22-25,31-35,40,44H,21,26-30H2,1-8H3. The molecule has 0 radical (unpaired) electrons. The van der Waals surface area contributed by atoms with Crippen molar-refractivity contribution in [3.05, 3.63) is 125 Å². The van der Waals surface area contributed by atoms with Gasteiger partial charge in [-0.25, -0.2) is 0 Å². The first-order valence-corrected chi connectivity index (χ1v) is 22.2. The largest absolute Gasteiger partial charge is 0.311 e. The molecule has 0 N–H and O–H groups in total. The minimum atomic E-state index is 0.150. The van der Waals surface area contributed by atoms with Crippen molar-refractivity contribution in [2.75, 3.05) is 9.80 Å². The van der Waals surface area contributed by atoms with Gasteiger partial charge in [0, 0.05) is 34.1 Å².